The molecule has 2 aromatic rings. The van der Waals surface area contributed by atoms with Crippen LogP contribution >= 0.6 is 0 Å². The summed E-state index contributed by atoms with van der Waals surface area (Å²) in [4.78, 5) is 15.8. The summed E-state index contributed by atoms with van der Waals surface area (Å²) >= 11 is 0. The second-order valence-electron chi connectivity index (χ2n) is 9.13. The molecule has 0 aromatic heterocycles. The van der Waals surface area contributed by atoms with Gasteiger partial charge >= 0.3 is 0 Å². The molecule has 0 radical (unpaired) electrons. The Kier molecular flexibility index (Phi) is 8.01. The predicted octanol–water partition coefficient (Wildman–Crippen LogP) is 3.51. The van der Waals surface area contributed by atoms with E-state index in [1.807, 2.05) is 50.2 Å². The number of carbonyl (C=O) groups excluding carboxylic acids is 1. The first-order valence-corrected chi connectivity index (χ1v) is 12.1. The largest absolute Gasteiger partial charge is 0.497 e. The van der Waals surface area contributed by atoms with Gasteiger partial charge in [-0.05, 0) is 38.1 Å². The first kappa shape index (κ1) is 25.8. The number of nitrogens with zero attached hydrogens (tertiary/aromatic N) is 3. The van der Waals surface area contributed by atoms with Crippen molar-refractivity contribution in [2.24, 2.45) is 5.10 Å². The number of carbonyl (C=O) groups is 1. The second kappa shape index (κ2) is 11.2. The monoisotopic (exact) mass is 497 g/mol. The summed E-state index contributed by atoms with van der Waals surface area (Å²) in [7, 11) is 6.45. The number of ether oxygens (including phenoxy) is 5. The Morgan fingerprint density at radius 2 is 1.53 bits per heavy atom. The Morgan fingerprint density at radius 1 is 0.917 bits per heavy atom. The standard InChI is InChI=1S/C27H35N3O6/c1-17-14-29(15-18(2)36-17)16-27(31)30-24(22-10-8-20(33-4)12-26(22)35-6)13-23(28-30)21-9-7-19(32-3)11-25(21)34-5/h7-12,17-18,24H,13-16H2,1-6H3. The summed E-state index contributed by atoms with van der Waals surface area (Å²) in [6.45, 7) is 5.70. The van der Waals surface area contributed by atoms with Gasteiger partial charge in [0.25, 0.3) is 5.91 Å². The van der Waals surface area contributed by atoms with Crippen molar-refractivity contribution < 1.29 is 28.5 Å². The Hall–Kier alpha value is -3.30. The van der Waals surface area contributed by atoms with E-state index in [0.717, 1.165) is 16.8 Å². The van der Waals surface area contributed by atoms with Gasteiger partial charge in [0, 0.05) is 42.8 Å². The van der Waals surface area contributed by atoms with Crippen molar-refractivity contribution >= 4 is 11.6 Å². The van der Waals surface area contributed by atoms with Crippen LogP contribution in [0.2, 0.25) is 0 Å². The average Bonchev–Trinajstić information content (AvgIpc) is 3.32. The molecule has 3 atom stereocenters. The van der Waals surface area contributed by atoms with E-state index < -0.39 is 0 Å². The highest BCUT2D eigenvalue weighted by Gasteiger charge is 2.37. The quantitative estimate of drug-likeness (QED) is 0.552. The Morgan fingerprint density at radius 3 is 2.14 bits per heavy atom. The molecule has 4 rings (SSSR count). The van der Waals surface area contributed by atoms with Crippen LogP contribution in [-0.2, 0) is 9.53 Å². The van der Waals surface area contributed by atoms with E-state index in [2.05, 4.69) is 4.90 Å². The zero-order valence-corrected chi connectivity index (χ0v) is 21.8. The number of methoxy groups -OCH3 is 4. The fourth-order valence-electron chi connectivity index (χ4n) is 4.95. The second-order valence-corrected chi connectivity index (χ2v) is 9.13. The molecule has 9 nitrogen and oxygen atoms in total. The van der Waals surface area contributed by atoms with Crippen LogP contribution < -0.4 is 18.9 Å². The van der Waals surface area contributed by atoms with E-state index in [1.54, 1.807) is 33.4 Å². The van der Waals surface area contributed by atoms with Crippen molar-refractivity contribution in [2.75, 3.05) is 48.1 Å². The molecule has 1 fully saturated rings. The number of hydrogen-bond acceptors (Lipinski definition) is 8. The van der Waals surface area contributed by atoms with Crippen LogP contribution in [0.5, 0.6) is 23.0 Å². The molecule has 36 heavy (non-hydrogen) atoms. The van der Waals surface area contributed by atoms with Crippen LogP contribution in [0.25, 0.3) is 0 Å². The van der Waals surface area contributed by atoms with E-state index >= 15 is 0 Å². The number of hydrazone groups is 1. The third kappa shape index (κ3) is 5.42. The maximum atomic E-state index is 13.7. The van der Waals surface area contributed by atoms with Crippen molar-refractivity contribution in [1.29, 1.82) is 0 Å². The number of benzene rings is 2. The Balaban J connectivity index is 1.69. The molecule has 0 spiro atoms. The molecule has 2 aliphatic heterocycles. The van der Waals surface area contributed by atoms with E-state index in [0.29, 0.717) is 42.5 Å². The molecular weight excluding hydrogens is 462 g/mol. The molecule has 2 aromatic carbocycles. The highest BCUT2D eigenvalue weighted by Crippen LogP contribution is 2.40. The van der Waals surface area contributed by atoms with Crippen LogP contribution in [0.1, 0.15) is 37.4 Å². The van der Waals surface area contributed by atoms with Gasteiger partial charge in [-0.1, -0.05) is 0 Å². The van der Waals surface area contributed by atoms with Gasteiger partial charge in [0.1, 0.15) is 23.0 Å². The normalized spacial score (nSPS) is 22.2. The van der Waals surface area contributed by atoms with Crippen LogP contribution in [0.4, 0.5) is 0 Å². The maximum absolute atomic E-state index is 13.7. The van der Waals surface area contributed by atoms with Crippen LogP contribution in [-0.4, -0.2) is 81.8 Å². The SMILES string of the molecule is COc1ccc(C2=NN(C(=O)CN3CC(C)OC(C)C3)C(c3ccc(OC)cc3OC)C2)c(OC)c1. The van der Waals surface area contributed by atoms with Crippen LogP contribution in [0.3, 0.4) is 0 Å². The minimum atomic E-state index is -0.337. The fraction of sp³-hybridized carbons (Fsp3) is 0.481. The lowest BCUT2D eigenvalue weighted by molar-refractivity contribution is -0.137. The summed E-state index contributed by atoms with van der Waals surface area (Å²) in [5.74, 6) is 2.57. The lowest BCUT2D eigenvalue weighted by Crippen LogP contribution is -2.49. The maximum Gasteiger partial charge on any atom is 0.257 e. The number of hydrogen-bond donors (Lipinski definition) is 0. The van der Waals surface area contributed by atoms with Crippen molar-refractivity contribution in [3.8, 4) is 23.0 Å². The molecule has 1 saturated heterocycles. The van der Waals surface area contributed by atoms with Gasteiger partial charge in [0.15, 0.2) is 0 Å². The van der Waals surface area contributed by atoms with Gasteiger partial charge in [0.05, 0.1) is 58.9 Å². The first-order chi connectivity index (χ1) is 17.4. The van der Waals surface area contributed by atoms with Gasteiger partial charge in [0.2, 0.25) is 0 Å². The summed E-state index contributed by atoms with van der Waals surface area (Å²) in [5.41, 5.74) is 2.44. The predicted molar refractivity (Wildman–Crippen MR) is 136 cm³/mol. The van der Waals surface area contributed by atoms with Crippen molar-refractivity contribution in [2.45, 2.75) is 38.5 Å². The van der Waals surface area contributed by atoms with Crippen molar-refractivity contribution in [1.82, 2.24) is 9.91 Å². The molecule has 1 amide bonds. The van der Waals surface area contributed by atoms with Gasteiger partial charge in [-0.2, -0.15) is 5.10 Å². The summed E-state index contributed by atoms with van der Waals surface area (Å²) in [5, 5.41) is 6.43. The van der Waals surface area contributed by atoms with Gasteiger partial charge in [-0.3, -0.25) is 9.69 Å². The third-order valence-electron chi connectivity index (χ3n) is 6.54. The molecular formula is C27H35N3O6. The zero-order valence-electron chi connectivity index (χ0n) is 21.8. The van der Waals surface area contributed by atoms with Crippen LogP contribution in [0.15, 0.2) is 41.5 Å². The highest BCUT2D eigenvalue weighted by atomic mass is 16.5. The lowest BCUT2D eigenvalue weighted by Gasteiger charge is -2.35. The Bertz CT molecular complexity index is 1110. The van der Waals surface area contributed by atoms with Crippen LogP contribution in [0, 0.1) is 0 Å². The minimum Gasteiger partial charge on any atom is -0.497 e. The number of morpholine rings is 1. The molecule has 2 aliphatic rings. The fourth-order valence-corrected chi connectivity index (χ4v) is 4.95. The van der Waals surface area contributed by atoms with E-state index in [9.17, 15) is 4.79 Å². The molecule has 0 aliphatic carbocycles. The van der Waals surface area contributed by atoms with Crippen molar-refractivity contribution in [3.05, 3.63) is 47.5 Å². The third-order valence-corrected chi connectivity index (χ3v) is 6.54. The smallest absolute Gasteiger partial charge is 0.257 e. The number of rotatable bonds is 8. The van der Waals surface area contributed by atoms with Gasteiger partial charge in [-0.15, -0.1) is 0 Å². The molecule has 0 bridgehead atoms. The summed E-state index contributed by atoms with van der Waals surface area (Å²) < 4.78 is 27.9. The summed E-state index contributed by atoms with van der Waals surface area (Å²) in [6, 6.07) is 10.9. The topological polar surface area (TPSA) is 82.1 Å². The Labute approximate surface area is 212 Å². The molecule has 3 unspecified atom stereocenters. The van der Waals surface area contributed by atoms with Gasteiger partial charge < -0.3 is 23.7 Å². The van der Waals surface area contributed by atoms with E-state index in [-0.39, 0.29) is 30.7 Å². The molecule has 9 heteroatoms. The number of amides is 1. The molecule has 0 N–H and O–H groups in total. The zero-order chi connectivity index (χ0) is 25.8. The minimum absolute atomic E-state index is 0.0697. The average molecular weight is 498 g/mol. The van der Waals surface area contributed by atoms with Gasteiger partial charge in [-0.25, -0.2) is 5.01 Å². The lowest BCUT2D eigenvalue weighted by atomic mass is 9.97. The molecule has 2 heterocycles. The first-order valence-electron chi connectivity index (χ1n) is 12.1. The summed E-state index contributed by atoms with van der Waals surface area (Å²) in [6.07, 6.45) is 0.646. The molecule has 194 valence electrons. The van der Waals surface area contributed by atoms with E-state index in [4.69, 9.17) is 28.8 Å². The van der Waals surface area contributed by atoms with E-state index in [1.165, 1.54) is 0 Å². The molecule has 0 saturated carbocycles. The highest BCUT2D eigenvalue weighted by molar-refractivity contribution is 6.05. The van der Waals surface area contributed by atoms with Crippen molar-refractivity contribution in [3.63, 3.8) is 0 Å².